The second-order valence-electron chi connectivity index (χ2n) is 5.29. The standard InChI is InChI=1S/C15H20N2O3/c1-10-8-12(11(2)20-10)15(3,19)9-16-14(18)13-6-5-7-17(13)4/h5-8,19H,9H2,1-4H3,(H,16,18)/t15-/m0/s1. The van der Waals surface area contributed by atoms with Crippen LogP contribution < -0.4 is 5.32 Å². The van der Waals surface area contributed by atoms with Gasteiger partial charge in [-0.3, -0.25) is 4.79 Å². The normalized spacial score (nSPS) is 14.1. The van der Waals surface area contributed by atoms with Crippen molar-refractivity contribution in [3.8, 4) is 0 Å². The van der Waals surface area contributed by atoms with Crippen LogP contribution in [0.1, 0.15) is 34.5 Å². The molecular formula is C15H20N2O3. The molecule has 5 nitrogen and oxygen atoms in total. The second-order valence-corrected chi connectivity index (χ2v) is 5.29. The van der Waals surface area contributed by atoms with Crippen LogP contribution in [-0.4, -0.2) is 22.1 Å². The Bertz CT molecular complexity index is 623. The second kappa shape index (κ2) is 5.17. The number of carbonyl (C=O) groups is 1. The molecule has 2 aromatic rings. The lowest BCUT2D eigenvalue weighted by Crippen LogP contribution is -2.39. The molecule has 2 rings (SSSR count). The van der Waals surface area contributed by atoms with E-state index in [0.717, 1.165) is 5.76 Å². The van der Waals surface area contributed by atoms with Gasteiger partial charge in [-0.25, -0.2) is 0 Å². The van der Waals surface area contributed by atoms with Crippen molar-refractivity contribution in [2.24, 2.45) is 7.05 Å². The van der Waals surface area contributed by atoms with Gasteiger partial charge in [-0.1, -0.05) is 0 Å². The lowest BCUT2D eigenvalue weighted by Gasteiger charge is -2.23. The van der Waals surface area contributed by atoms with Crippen molar-refractivity contribution < 1.29 is 14.3 Å². The summed E-state index contributed by atoms with van der Waals surface area (Å²) in [5, 5.41) is 13.3. The van der Waals surface area contributed by atoms with Crippen molar-refractivity contribution in [2.45, 2.75) is 26.4 Å². The Labute approximate surface area is 118 Å². The minimum absolute atomic E-state index is 0.122. The van der Waals surface area contributed by atoms with Crippen LogP contribution in [0.15, 0.2) is 28.8 Å². The van der Waals surface area contributed by atoms with E-state index in [9.17, 15) is 9.90 Å². The Morgan fingerprint density at radius 2 is 2.20 bits per heavy atom. The molecule has 0 aliphatic rings. The van der Waals surface area contributed by atoms with Gasteiger partial charge in [0.05, 0.1) is 6.54 Å². The number of nitrogens with one attached hydrogen (secondary N) is 1. The van der Waals surface area contributed by atoms with E-state index in [1.165, 1.54) is 0 Å². The Kier molecular flexibility index (Phi) is 3.72. The van der Waals surface area contributed by atoms with Crippen LogP contribution in [0.5, 0.6) is 0 Å². The van der Waals surface area contributed by atoms with Crippen LogP contribution in [0.25, 0.3) is 0 Å². The number of nitrogens with zero attached hydrogens (tertiary/aromatic N) is 1. The molecule has 0 aliphatic heterocycles. The molecular weight excluding hydrogens is 256 g/mol. The molecule has 2 aromatic heterocycles. The third-order valence-corrected chi connectivity index (χ3v) is 3.39. The summed E-state index contributed by atoms with van der Waals surface area (Å²) in [6.07, 6.45) is 1.80. The summed E-state index contributed by atoms with van der Waals surface area (Å²) in [6, 6.07) is 5.33. The first kappa shape index (κ1) is 14.4. The summed E-state index contributed by atoms with van der Waals surface area (Å²) in [5.74, 6) is 1.20. The number of furan rings is 1. The summed E-state index contributed by atoms with van der Waals surface area (Å²) in [5.41, 5.74) is 0.0888. The minimum atomic E-state index is -1.16. The van der Waals surface area contributed by atoms with Crippen LogP contribution in [0.2, 0.25) is 0 Å². The highest BCUT2D eigenvalue weighted by Crippen LogP contribution is 2.26. The maximum Gasteiger partial charge on any atom is 0.268 e. The Hall–Kier alpha value is -2.01. The predicted molar refractivity (Wildman–Crippen MR) is 75.5 cm³/mol. The third kappa shape index (κ3) is 2.77. The van der Waals surface area contributed by atoms with Gasteiger partial charge in [-0.05, 0) is 39.0 Å². The van der Waals surface area contributed by atoms with E-state index in [2.05, 4.69) is 5.32 Å². The van der Waals surface area contributed by atoms with Crippen LogP contribution in [0.3, 0.4) is 0 Å². The quantitative estimate of drug-likeness (QED) is 0.896. The topological polar surface area (TPSA) is 67.4 Å². The van der Waals surface area contributed by atoms with Crippen molar-refractivity contribution in [2.75, 3.05) is 6.54 Å². The van der Waals surface area contributed by atoms with Crippen molar-refractivity contribution in [3.05, 3.63) is 47.2 Å². The number of hydrogen-bond donors (Lipinski definition) is 2. The number of hydrogen-bond acceptors (Lipinski definition) is 3. The van der Waals surface area contributed by atoms with E-state index in [1.807, 2.05) is 6.92 Å². The SMILES string of the molecule is Cc1cc([C@@](C)(O)CNC(=O)c2cccn2C)c(C)o1. The lowest BCUT2D eigenvalue weighted by molar-refractivity contribution is 0.0511. The molecule has 0 aliphatic carbocycles. The molecule has 20 heavy (non-hydrogen) atoms. The summed E-state index contributed by atoms with van der Waals surface area (Å²) in [4.78, 5) is 12.0. The Morgan fingerprint density at radius 3 is 2.70 bits per heavy atom. The highest BCUT2D eigenvalue weighted by Gasteiger charge is 2.28. The van der Waals surface area contributed by atoms with Gasteiger partial charge in [0.15, 0.2) is 0 Å². The molecule has 0 bridgehead atoms. The first-order valence-electron chi connectivity index (χ1n) is 6.50. The molecule has 108 valence electrons. The van der Waals surface area contributed by atoms with Gasteiger partial charge < -0.3 is 19.4 Å². The highest BCUT2D eigenvalue weighted by molar-refractivity contribution is 5.92. The van der Waals surface area contributed by atoms with Crippen molar-refractivity contribution in [1.82, 2.24) is 9.88 Å². The van der Waals surface area contributed by atoms with E-state index < -0.39 is 5.60 Å². The number of aromatic nitrogens is 1. The Balaban J connectivity index is 2.08. The number of rotatable bonds is 4. The fraction of sp³-hybridized carbons (Fsp3) is 0.400. The van der Waals surface area contributed by atoms with Gasteiger partial charge in [-0.2, -0.15) is 0 Å². The molecule has 2 N–H and O–H groups in total. The number of aryl methyl sites for hydroxylation is 3. The van der Waals surface area contributed by atoms with Crippen molar-refractivity contribution in [1.29, 1.82) is 0 Å². The smallest absolute Gasteiger partial charge is 0.268 e. The molecule has 1 amide bonds. The highest BCUT2D eigenvalue weighted by atomic mass is 16.3. The van der Waals surface area contributed by atoms with Crippen molar-refractivity contribution >= 4 is 5.91 Å². The fourth-order valence-electron chi connectivity index (χ4n) is 2.30. The monoisotopic (exact) mass is 276 g/mol. The van der Waals surface area contributed by atoms with Gasteiger partial charge in [0.25, 0.3) is 5.91 Å². The van der Waals surface area contributed by atoms with E-state index in [0.29, 0.717) is 17.0 Å². The van der Waals surface area contributed by atoms with Gasteiger partial charge in [0, 0.05) is 18.8 Å². The Morgan fingerprint density at radius 1 is 1.50 bits per heavy atom. The minimum Gasteiger partial charge on any atom is -0.466 e. The van der Waals surface area contributed by atoms with Crippen LogP contribution in [0.4, 0.5) is 0 Å². The first-order chi connectivity index (χ1) is 9.31. The molecule has 0 aromatic carbocycles. The molecule has 2 heterocycles. The predicted octanol–water partition coefficient (Wildman–Crippen LogP) is 1.87. The van der Waals surface area contributed by atoms with E-state index in [4.69, 9.17) is 4.42 Å². The zero-order chi connectivity index (χ0) is 14.9. The summed E-state index contributed by atoms with van der Waals surface area (Å²) in [7, 11) is 1.80. The van der Waals surface area contributed by atoms with Gasteiger partial charge >= 0.3 is 0 Å². The molecule has 1 atom stereocenters. The number of carbonyl (C=O) groups excluding carboxylic acids is 1. The van der Waals surface area contributed by atoms with Gasteiger partial charge in [-0.15, -0.1) is 0 Å². The van der Waals surface area contributed by atoms with E-state index in [-0.39, 0.29) is 12.5 Å². The average Bonchev–Trinajstić information content (AvgIpc) is 2.92. The van der Waals surface area contributed by atoms with Crippen molar-refractivity contribution in [3.63, 3.8) is 0 Å². The largest absolute Gasteiger partial charge is 0.466 e. The van der Waals surface area contributed by atoms with E-state index in [1.54, 1.807) is 49.9 Å². The maximum atomic E-state index is 12.0. The zero-order valence-corrected chi connectivity index (χ0v) is 12.2. The molecule has 5 heteroatoms. The lowest BCUT2D eigenvalue weighted by atomic mass is 9.96. The third-order valence-electron chi connectivity index (χ3n) is 3.39. The zero-order valence-electron chi connectivity index (χ0n) is 12.2. The summed E-state index contributed by atoms with van der Waals surface area (Å²) < 4.78 is 7.16. The van der Waals surface area contributed by atoms with Crippen LogP contribution in [-0.2, 0) is 12.6 Å². The fourth-order valence-corrected chi connectivity index (χ4v) is 2.30. The number of aliphatic hydroxyl groups is 1. The van der Waals surface area contributed by atoms with E-state index >= 15 is 0 Å². The summed E-state index contributed by atoms with van der Waals surface area (Å²) in [6.45, 7) is 5.41. The van der Waals surface area contributed by atoms with Crippen LogP contribution in [0, 0.1) is 13.8 Å². The molecule has 0 saturated heterocycles. The van der Waals surface area contributed by atoms with Gasteiger partial charge in [0.1, 0.15) is 22.8 Å². The number of amides is 1. The molecule has 0 fully saturated rings. The van der Waals surface area contributed by atoms with Gasteiger partial charge in [0.2, 0.25) is 0 Å². The molecule has 0 spiro atoms. The molecule has 0 radical (unpaired) electrons. The first-order valence-corrected chi connectivity index (χ1v) is 6.50. The maximum absolute atomic E-state index is 12.0. The average molecular weight is 276 g/mol. The molecule has 0 unspecified atom stereocenters. The summed E-state index contributed by atoms with van der Waals surface area (Å²) >= 11 is 0. The van der Waals surface area contributed by atoms with Crippen LogP contribution >= 0.6 is 0 Å². The molecule has 0 saturated carbocycles.